The quantitative estimate of drug-likeness (QED) is 0.303. The number of methoxy groups -OCH3 is 1. The van der Waals surface area contributed by atoms with Gasteiger partial charge in [-0.15, -0.1) is 0 Å². The number of ether oxygens (including phenoxy) is 3. The van der Waals surface area contributed by atoms with Crippen molar-refractivity contribution in [1.29, 1.82) is 5.26 Å². The maximum absolute atomic E-state index is 13.0. The van der Waals surface area contributed by atoms with Crippen LogP contribution in [0.1, 0.15) is 45.6 Å². The fraction of sp³-hybridized carbons (Fsp3) is 0.458. The second kappa shape index (κ2) is 11.9. The molecule has 0 radical (unpaired) electrons. The van der Waals surface area contributed by atoms with E-state index in [0.717, 1.165) is 24.2 Å². The Balaban J connectivity index is 2.39. The van der Waals surface area contributed by atoms with Gasteiger partial charge in [-0.3, -0.25) is 14.5 Å². The van der Waals surface area contributed by atoms with Crippen molar-refractivity contribution in [2.24, 2.45) is 0 Å². The second-order valence-corrected chi connectivity index (χ2v) is 7.12. The molecule has 2 rings (SSSR count). The van der Waals surface area contributed by atoms with E-state index in [-0.39, 0.29) is 18.7 Å². The van der Waals surface area contributed by atoms with Crippen LogP contribution < -0.4 is 9.47 Å². The lowest BCUT2D eigenvalue weighted by Crippen LogP contribution is -2.44. The van der Waals surface area contributed by atoms with E-state index in [2.05, 4.69) is 6.92 Å². The highest BCUT2D eigenvalue weighted by Crippen LogP contribution is 2.32. The number of hydrogen-bond donors (Lipinski definition) is 0. The molecule has 0 saturated carbocycles. The molecule has 1 aromatic carbocycles. The van der Waals surface area contributed by atoms with Gasteiger partial charge in [-0.1, -0.05) is 25.8 Å². The summed E-state index contributed by atoms with van der Waals surface area (Å²) >= 11 is 0. The number of nitriles is 1. The number of carbonyl (C=O) groups excluding carboxylic acids is 2. The molecular formula is C24H30N2O5. The second-order valence-electron chi connectivity index (χ2n) is 7.12. The number of carbonyl (C=O) groups is 2. The molecule has 0 aromatic heterocycles. The van der Waals surface area contributed by atoms with Crippen molar-refractivity contribution in [2.45, 2.75) is 40.0 Å². The van der Waals surface area contributed by atoms with Gasteiger partial charge in [-0.25, -0.2) is 0 Å². The monoisotopic (exact) mass is 426 g/mol. The fourth-order valence-electron chi connectivity index (χ4n) is 3.22. The fourth-order valence-corrected chi connectivity index (χ4v) is 3.22. The molecule has 2 amide bonds. The Morgan fingerprint density at radius 1 is 1.06 bits per heavy atom. The molecule has 7 nitrogen and oxygen atoms in total. The summed E-state index contributed by atoms with van der Waals surface area (Å²) < 4.78 is 16.6. The van der Waals surface area contributed by atoms with E-state index in [9.17, 15) is 14.9 Å². The molecule has 0 unspecified atom stereocenters. The van der Waals surface area contributed by atoms with Crippen LogP contribution in [0.2, 0.25) is 0 Å². The summed E-state index contributed by atoms with van der Waals surface area (Å²) in [6.07, 6.45) is 4.85. The molecule has 0 bridgehead atoms. The average molecular weight is 427 g/mol. The highest BCUT2D eigenvalue weighted by Gasteiger charge is 2.35. The Labute approximate surface area is 183 Å². The Hall–Kier alpha value is -3.11. The van der Waals surface area contributed by atoms with Crippen LogP contribution >= 0.6 is 0 Å². The Morgan fingerprint density at radius 2 is 1.84 bits per heavy atom. The van der Waals surface area contributed by atoms with Crippen LogP contribution in [-0.4, -0.2) is 50.2 Å². The van der Waals surface area contributed by atoms with Crippen LogP contribution in [0.3, 0.4) is 0 Å². The highest BCUT2D eigenvalue weighted by molar-refractivity contribution is 6.19. The molecule has 1 heterocycles. The van der Waals surface area contributed by atoms with Crippen molar-refractivity contribution >= 4 is 17.9 Å². The van der Waals surface area contributed by atoms with Gasteiger partial charge in [-0.2, -0.15) is 5.26 Å². The summed E-state index contributed by atoms with van der Waals surface area (Å²) in [5.41, 5.74) is 1.34. The van der Waals surface area contributed by atoms with Gasteiger partial charge in [0.1, 0.15) is 11.6 Å². The van der Waals surface area contributed by atoms with Gasteiger partial charge in [0, 0.05) is 12.7 Å². The summed E-state index contributed by atoms with van der Waals surface area (Å²) in [7, 11) is 1.49. The lowest BCUT2D eigenvalue weighted by molar-refractivity contribution is -0.141. The van der Waals surface area contributed by atoms with E-state index in [1.807, 2.05) is 25.1 Å². The van der Waals surface area contributed by atoms with E-state index in [1.54, 1.807) is 19.1 Å². The zero-order valence-corrected chi connectivity index (χ0v) is 18.7. The van der Waals surface area contributed by atoms with Crippen molar-refractivity contribution in [1.82, 2.24) is 4.90 Å². The van der Waals surface area contributed by atoms with Crippen molar-refractivity contribution < 1.29 is 23.8 Å². The van der Waals surface area contributed by atoms with Crippen LogP contribution in [0.25, 0.3) is 6.08 Å². The van der Waals surface area contributed by atoms with Crippen LogP contribution in [-0.2, 0) is 14.3 Å². The first kappa shape index (κ1) is 24.2. The summed E-state index contributed by atoms with van der Waals surface area (Å²) in [6, 6.07) is 7.37. The normalized spacial score (nSPS) is 15.5. The first-order valence-electron chi connectivity index (χ1n) is 10.6. The smallest absolute Gasteiger partial charge is 0.271 e. The predicted octanol–water partition coefficient (Wildman–Crippen LogP) is 3.89. The van der Waals surface area contributed by atoms with Gasteiger partial charge in [0.2, 0.25) is 0 Å². The van der Waals surface area contributed by atoms with Gasteiger partial charge in [0.25, 0.3) is 11.8 Å². The largest absolute Gasteiger partial charge is 0.490 e. The van der Waals surface area contributed by atoms with E-state index in [4.69, 9.17) is 14.2 Å². The van der Waals surface area contributed by atoms with Crippen molar-refractivity contribution in [3.05, 3.63) is 40.5 Å². The zero-order valence-electron chi connectivity index (χ0n) is 18.7. The van der Waals surface area contributed by atoms with Crippen molar-refractivity contribution in [3.63, 3.8) is 0 Å². The predicted molar refractivity (Wildman–Crippen MR) is 118 cm³/mol. The maximum Gasteiger partial charge on any atom is 0.271 e. The number of unbranched alkanes of at least 4 members (excludes halogenated alkanes) is 2. The van der Waals surface area contributed by atoms with E-state index in [1.165, 1.54) is 7.11 Å². The molecule has 0 aliphatic carbocycles. The van der Waals surface area contributed by atoms with E-state index < -0.39 is 11.8 Å². The minimum Gasteiger partial charge on any atom is -0.490 e. The molecule has 0 N–H and O–H groups in total. The topological polar surface area (TPSA) is 88.9 Å². The van der Waals surface area contributed by atoms with E-state index in [0.29, 0.717) is 41.4 Å². The van der Waals surface area contributed by atoms with Crippen molar-refractivity contribution in [2.75, 3.05) is 33.5 Å². The Bertz CT molecular complexity index is 911. The Kier molecular flexibility index (Phi) is 9.29. The SMILES string of the molecule is CCCCCOc1ccc(/C=C2/C(=O)N(CCOC)C(=O)C(C#N)=C2C)cc1OCC. The standard InChI is InChI=1S/C24H30N2O5/c1-5-7-8-12-31-21-10-9-18(15-22(21)30-6-2)14-19-17(3)20(16-25)24(28)26(23(19)27)11-13-29-4/h9-10,14-15H,5-8,11-13H2,1-4H3/b19-14+. The maximum atomic E-state index is 13.0. The first-order valence-corrected chi connectivity index (χ1v) is 10.6. The molecule has 0 saturated heterocycles. The molecule has 166 valence electrons. The van der Waals surface area contributed by atoms with Crippen molar-refractivity contribution in [3.8, 4) is 17.6 Å². The number of amides is 2. The molecule has 31 heavy (non-hydrogen) atoms. The average Bonchev–Trinajstić information content (AvgIpc) is 2.76. The third kappa shape index (κ3) is 5.96. The van der Waals surface area contributed by atoms with Crippen LogP contribution in [0, 0.1) is 11.3 Å². The third-order valence-corrected chi connectivity index (χ3v) is 4.93. The third-order valence-electron chi connectivity index (χ3n) is 4.93. The number of hydrogen-bond acceptors (Lipinski definition) is 6. The molecule has 0 fully saturated rings. The minimum absolute atomic E-state index is 0.0390. The number of rotatable bonds is 11. The van der Waals surface area contributed by atoms with Crippen LogP contribution in [0.4, 0.5) is 0 Å². The summed E-state index contributed by atoms with van der Waals surface area (Å²) in [5, 5.41) is 9.45. The van der Waals surface area contributed by atoms with Gasteiger partial charge in [-0.05, 0) is 49.6 Å². The van der Waals surface area contributed by atoms with Gasteiger partial charge >= 0.3 is 0 Å². The molecule has 7 heteroatoms. The number of imide groups is 1. The molecule has 1 aliphatic heterocycles. The Morgan fingerprint density at radius 3 is 2.48 bits per heavy atom. The van der Waals surface area contributed by atoms with Crippen LogP contribution in [0.5, 0.6) is 11.5 Å². The summed E-state index contributed by atoms with van der Waals surface area (Å²) in [4.78, 5) is 26.5. The first-order chi connectivity index (χ1) is 15.0. The van der Waals surface area contributed by atoms with Gasteiger partial charge in [0.05, 0.1) is 26.4 Å². The molecule has 0 atom stereocenters. The molecule has 1 aromatic rings. The van der Waals surface area contributed by atoms with Gasteiger partial charge in [0.15, 0.2) is 11.5 Å². The molecular weight excluding hydrogens is 396 g/mol. The number of nitrogens with zero attached hydrogens (tertiary/aromatic N) is 2. The molecule has 1 aliphatic rings. The summed E-state index contributed by atoms with van der Waals surface area (Å²) in [6.45, 7) is 7.00. The minimum atomic E-state index is -0.593. The molecule has 0 spiro atoms. The lowest BCUT2D eigenvalue weighted by Gasteiger charge is -2.27. The lowest BCUT2D eigenvalue weighted by atomic mass is 9.93. The zero-order chi connectivity index (χ0) is 22.8. The van der Waals surface area contributed by atoms with E-state index >= 15 is 0 Å². The van der Waals surface area contributed by atoms with Crippen LogP contribution in [0.15, 0.2) is 34.9 Å². The number of benzene rings is 1. The highest BCUT2D eigenvalue weighted by atomic mass is 16.5. The summed E-state index contributed by atoms with van der Waals surface area (Å²) in [5.74, 6) is 0.199. The van der Waals surface area contributed by atoms with Gasteiger partial charge < -0.3 is 14.2 Å².